The lowest BCUT2D eigenvalue weighted by molar-refractivity contribution is 0.875. The van der Waals surface area contributed by atoms with Gasteiger partial charge in [-0.05, 0) is 43.9 Å². The van der Waals surface area contributed by atoms with Crippen molar-refractivity contribution in [3.8, 4) is 0 Å². The quantitative estimate of drug-likeness (QED) is 0.724. The molecule has 0 aliphatic carbocycles. The molecule has 0 N–H and O–H groups in total. The molecule has 90 valence electrons. The van der Waals surface area contributed by atoms with Crippen molar-refractivity contribution in [2.75, 3.05) is 18.0 Å². The van der Waals surface area contributed by atoms with Crippen LogP contribution in [0, 0.1) is 6.92 Å². The summed E-state index contributed by atoms with van der Waals surface area (Å²) in [5, 5.41) is 0. The molecule has 1 aromatic carbocycles. The Morgan fingerprint density at radius 1 is 1.47 bits per heavy atom. The summed E-state index contributed by atoms with van der Waals surface area (Å²) in [5.74, 6) is 0. The molecule has 0 spiro atoms. The monoisotopic (exact) mass is 228 g/mol. The predicted octanol–water partition coefficient (Wildman–Crippen LogP) is 3.35. The van der Waals surface area contributed by atoms with Crippen LogP contribution in [0.2, 0.25) is 0 Å². The number of anilines is 1. The van der Waals surface area contributed by atoms with Crippen LogP contribution in [0.3, 0.4) is 0 Å². The fourth-order valence-corrected chi connectivity index (χ4v) is 2.44. The van der Waals surface area contributed by atoms with Gasteiger partial charge in [-0.1, -0.05) is 18.2 Å². The topological polar surface area (TPSA) is 15.6 Å². The fourth-order valence-electron chi connectivity index (χ4n) is 2.44. The zero-order valence-electron chi connectivity index (χ0n) is 10.9. The molecule has 1 heterocycles. The molecule has 2 rings (SSSR count). The van der Waals surface area contributed by atoms with E-state index >= 15 is 0 Å². The number of benzene rings is 1. The number of nitrogens with zero attached hydrogens (tertiary/aromatic N) is 2. The highest BCUT2D eigenvalue weighted by molar-refractivity contribution is 5.63. The van der Waals surface area contributed by atoms with Gasteiger partial charge in [0.2, 0.25) is 0 Å². The molecule has 0 bridgehead atoms. The molecule has 2 heteroatoms. The normalized spacial score (nSPS) is 15.7. The molecule has 0 saturated heterocycles. The Hall–Kier alpha value is -1.57. The smallest absolute Gasteiger partial charge is 0.0432 e. The van der Waals surface area contributed by atoms with Gasteiger partial charge in [0.05, 0.1) is 0 Å². The second kappa shape index (κ2) is 5.17. The molecule has 1 aromatic rings. The average molecular weight is 228 g/mol. The third-order valence-electron chi connectivity index (χ3n) is 3.17. The number of para-hydroxylation sites is 1. The van der Waals surface area contributed by atoms with Crippen molar-refractivity contribution >= 4 is 11.9 Å². The first-order valence-electron chi connectivity index (χ1n) is 6.19. The van der Waals surface area contributed by atoms with Crippen LogP contribution < -0.4 is 4.90 Å². The van der Waals surface area contributed by atoms with E-state index in [0.29, 0.717) is 0 Å². The van der Waals surface area contributed by atoms with Crippen LogP contribution in [-0.2, 0) is 6.42 Å². The Kier molecular flexibility index (Phi) is 3.62. The molecular formula is C15H20N2. The van der Waals surface area contributed by atoms with Gasteiger partial charge in [0, 0.05) is 31.2 Å². The standard InChI is InChI=1S/C15H20N2/c1-4-16-10-12(2)11-17-9-8-14-7-5-6-13(3)15(14)17/h4-7,10H,8-9,11H2,1-3H3/b12-10+,16-4?. The fraction of sp³-hybridized carbons (Fsp3) is 0.400. The summed E-state index contributed by atoms with van der Waals surface area (Å²) in [6.45, 7) is 8.39. The average Bonchev–Trinajstić information content (AvgIpc) is 2.71. The Morgan fingerprint density at radius 3 is 3.06 bits per heavy atom. The van der Waals surface area contributed by atoms with Gasteiger partial charge in [-0.2, -0.15) is 0 Å². The lowest BCUT2D eigenvalue weighted by atomic mass is 10.1. The van der Waals surface area contributed by atoms with Crippen molar-refractivity contribution in [2.45, 2.75) is 27.2 Å². The van der Waals surface area contributed by atoms with Gasteiger partial charge in [-0.25, -0.2) is 0 Å². The summed E-state index contributed by atoms with van der Waals surface area (Å²) in [4.78, 5) is 6.64. The Morgan fingerprint density at radius 2 is 2.29 bits per heavy atom. The van der Waals surface area contributed by atoms with E-state index in [1.54, 1.807) is 0 Å². The third kappa shape index (κ3) is 2.57. The van der Waals surface area contributed by atoms with Crippen LogP contribution >= 0.6 is 0 Å². The molecule has 1 aliphatic heterocycles. The van der Waals surface area contributed by atoms with Gasteiger partial charge in [0.25, 0.3) is 0 Å². The van der Waals surface area contributed by atoms with Crippen molar-refractivity contribution in [3.05, 3.63) is 41.1 Å². The summed E-state index contributed by atoms with van der Waals surface area (Å²) in [6, 6.07) is 6.59. The lowest BCUT2D eigenvalue weighted by Gasteiger charge is -2.21. The van der Waals surface area contributed by atoms with E-state index in [4.69, 9.17) is 0 Å². The largest absolute Gasteiger partial charge is 0.367 e. The van der Waals surface area contributed by atoms with Crippen LogP contribution in [0.25, 0.3) is 0 Å². The molecule has 0 atom stereocenters. The number of fused-ring (bicyclic) bond motifs is 1. The first kappa shape index (κ1) is 11.9. The van der Waals surface area contributed by atoms with Crippen molar-refractivity contribution in [2.24, 2.45) is 4.99 Å². The highest BCUT2D eigenvalue weighted by atomic mass is 15.1. The zero-order chi connectivity index (χ0) is 12.3. The van der Waals surface area contributed by atoms with Gasteiger partial charge < -0.3 is 4.90 Å². The van der Waals surface area contributed by atoms with E-state index in [1.165, 1.54) is 28.8 Å². The SMILES string of the molecule is CC=N/C=C(\C)CN1CCc2cccc(C)c21. The van der Waals surface area contributed by atoms with Crippen LogP contribution in [-0.4, -0.2) is 19.3 Å². The molecule has 0 fully saturated rings. The summed E-state index contributed by atoms with van der Waals surface area (Å²) >= 11 is 0. The minimum absolute atomic E-state index is 0.981. The summed E-state index contributed by atoms with van der Waals surface area (Å²) in [7, 11) is 0. The molecule has 0 amide bonds. The maximum atomic E-state index is 4.18. The van der Waals surface area contributed by atoms with Crippen LogP contribution in [0.5, 0.6) is 0 Å². The van der Waals surface area contributed by atoms with Crippen molar-refractivity contribution < 1.29 is 0 Å². The summed E-state index contributed by atoms with van der Waals surface area (Å²) in [6.07, 6.45) is 4.95. The minimum atomic E-state index is 0.981. The zero-order valence-corrected chi connectivity index (χ0v) is 10.9. The van der Waals surface area contributed by atoms with E-state index in [1.807, 2.05) is 19.3 Å². The number of rotatable bonds is 3. The molecule has 0 aromatic heterocycles. The van der Waals surface area contributed by atoms with E-state index in [2.05, 4.69) is 41.9 Å². The summed E-state index contributed by atoms with van der Waals surface area (Å²) in [5.41, 5.74) is 5.60. The number of hydrogen-bond acceptors (Lipinski definition) is 2. The minimum Gasteiger partial charge on any atom is -0.367 e. The third-order valence-corrected chi connectivity index (χ3v) is 3.17. The Labute approximate surface area is 104 Å². The van der Waals surface area contributed by atoms with Gasteiger partial charge >= 0.3 is 0 Å². The van der Waals surface area contributed by atoms with Gasteiger partial charge in [-0.3, -0.25) is 4.99 Å². The predicted molar refractivity (Wildman–Crippen MR) is 75.0 cm³/mol. The van der Waals surface area contributed by atoms with Gasteiger partial charge in [0.15, 0.2) is 0 Å². The van der Waals surface area contributed by atoms with E-state index in [0.717, 1.165) is 13.1 Å². The maximum Gasteiger partial charge on any atom is 0.0432 e. The molecule has 0 radical (unpaired) electrons. The van der Waals surface area contributed by atoms with Crippen molar-refractivity contribution in [1.82, 2.24) is 0 Å². The van der Waals surface area contributed by atoms with E-state index < -0.39 is 0 Å². The van der Waals surface area contributed by atoms with Crippen molar-refractivity contribution in [3.63, 3.8) is 0 Å². The molecule has 2 nitrogen and oxygen atoms in total. The van der Waals surface area contributed by atoms with Gasteiger partial charge in [0.1, 0.15) is 0 Å². The van der Waals surface area contributed by atoms with Crippen LogP contribution in [0.1, 0.15) is 25.0 Å². The van der Waals surface area contributed by atoms with Crippen LogP contribution in [0.4, 0.5) is 5.69 Å². The molecular weight excluding hydrogens is 208 g/mol. The highest BCUT2D eigenvalue weighted by Gasteiger charge is 2.20. The first-order valence-corrected chi connectivity index (χ1v) is 6.19. The Bertz CT molecular complexity index is 458. The number of aryl methyl sites for hydroxylation is 1. The molecule has 0 unspecified atom stereocenters. The van der Waals surface area contributed by atoms with Crippen molar-refractivity contribution in [1.29, 1.82) is 0 Å². The van der Waals surface area contributed by atoms with Gasteiger partial charge in [-0.15, -0.1) is 0 Å². The number of hydrogen-bond donors (Lipinski definition) is 0. The van der Waals surface area contributed by atoms with Crippen LogP contribution in [0.15, 0.2) is 35.0 Å². The molecule has 1 aliphatic rings. The second-order valence-corrected chi connectivity index (χ2v) is 4.64. The maximum absolute atomic E-state index is 4.18. The molecule has 0 saturated carbocycles. The highest BCUT2D eigenvalue weighted by Crippen LogP contribution is 2.31. The van der Waals surface area contributed by atoms with E-state index in [9.17, 15) is 0 Å². The lowest BCUT2D eigenvalue weighted by Crippen LogP contribution is -2.23. The summed E-state index contributed by atoms with van der Waals surface area (Å²) < 4.78 is 0. The molecule has 17 heavy (non-hydrogen) atoms. The van der Waals surface area contributed by atoms with E-state index in [-0.39, 0.29) is 0 Å². The Balaban J connectivity index is 2.17. The second-order valence-electron chi connectivity index (χ2n) is 4.64. The first-order chi connectivity index (χ1) is 8.22. The number of aliphatic imine (C=N–C) groups is 1.